The van der Waals surface area contributed by atoms with Crippen molar-refractivity contribution in [1.82, 2.24) is 20.4 Å². The van der Waals surface area contributed by atoms with Crippen molar-refractivity contribution in [3.8, 4) is 22.9 Å². The molecular weight excluding hydrogens is 439 g/mol. The molecule has 4 rings (SSSR count). The Morgan fingerprint density at radius 2 is 1.85 bits per heavy atom. The van der Waals surface area contributed by atoms with Gasteiger partial charge < -0.3 is 19.3 Å². The average Bonchev–Trinajstić information content (AvgIpc) is 3.33. The molecule has 1 aromatic heterocycles. The van der Waals surface area contributed by atoms with E-state index in [1.54, 1.807) is 37.3 Å². The third-order valence-electron chi connectivity index (χ3n) is 5.83. The molecule has 34 heavy (non-hydrogen) atoms. The van der Waals surface area contributed by atoms with Crippen LogP contribution in [0.3, 0.4) is 0 Å². The number of hydrogen-bond donors (Lipinski definition) is 1. The van der Waals surface area contributed by atoms with E-state index >= 15 is 0 Å². The summed E-state index contributed by atoms with van der Waals surface area (Å²) in [5.74, 6) is 1.38. The van der Waals surface area contributed by atoms with E-state index in [2.05, 4.69) is 22.4 Å². The number of ether oxygens (including phenoxy) is 2. The molecule has 0 saturated heterocycles. The third kappa shape index (κ3) is 4.46. The molecule has 178 valence electrons. The van der Waals surface area contributed by atoms with Crippen LogP contribution in [0.4, 0.5) is 9.18 Å². The zero-order valence-corrected chi connectivity index (χ0v) is 19.6. The summed E-state index contributed by atoms with van der Waals surface area (Å²) in [6, 6.07) is 10.6. The molecule has 0 saturated carbocycles. The number of urea groups is 1. The number of rotatable bonds is 8. The van der Waals surface area contributed by atoms with Crippen LogP contribution in [-0.2, 0) is 0 Å². The number of methoxy groups -OCH3 is 2. The van der Waals surface area contributed by atoms with Crippen molar-refractivity contribution in [3.63, 3.8) is 0 Å². The number of halogens is 1. The molecule has 9 heteroatoms. The maximum atomic E-state index is 13.3. The first-order valence-corrected chi connectivity index (χ1v) is 11.1. The number of unbranched alkanes of at least 4 members (excludes halogenated alkanes) is 1. The number of allylic oxidation sites excluding steroid dienone is 1. The second kappa shape index (κ2) is 9.94. The van der Waals surface area contributed by atoms with Crippen LogP contribution in [0.25, 0.3) is 17.0 Å². The standard InChI is InChI=1S/C25H27FN4O4/c1-5-6-13-30-15(2)21(24-28-23(29-34-24)16-7-10-18(26)11-8-16)22(27-25(30)31)17-9-12-19(32-3)20(14-17)33-4/h7-12,14,22H,5-6,13H2,1-4H3,(H,27,31). The molecule has 3 aromatic rings. The minimum Gasteiger partial charge on any atom is -0.493 e. The number of nitrogens with zero attached hydrogens (tertiary/aromatic N) is 3. The molecule has 2 heterocycles. The summed E-state index contributed by atoms with van der Waals surface area (Å²) in [4.78, 5) is 19.3. The van der Waals surface area contributed by atoms with Crippen molar-refractivity contribution in [2.24, 2.45) is 0 Å². The highest BCUT2D eigenvalue weighted by atomic mass is 19.1. The molecule has 1 aliphatic rings. The minimum absolute atomic E-state index is 0.201. The lowest BCUT2D eigenvalue weighted by atomic mass is 9.94. The molecule has 0 radical (unpaired) electrons. The summed E-state index contributed by atoms with van der Waals surface area (Å²) in [5.41, 5.74) is 2.81. The molecule has 1 N–H and O–H groups in total. The van der Waals surface area contributed by atoms with Gasteiger partial charge in [-0.25, -0.2) is 9.18 Å². The molecule has 1 atom stereocenters. The van der Waals surface area contributed by atoms with Crippen molar-refractivity contribution in [2.45, 2.75) is 32.7 Å². The van der Waals surface area contributed by atoms with Crippen LogP contribution in [0.1, 0.15) is 44.2 Å². The molecule has 1 unspecified atom stereocenters. The second-order valence-corrected chi connectivity index (χ2v) is 7.93. The first-order valence-electron chi connectivity index (χ1n) is 11.1. The largest absolute Gasteiger partial charge is 0.493 e. The summed E-state index contributed by atoms with van der Waals surface area (Å²) in [6.07, 6.45) is 1.80. The van der Waals surface area contributed by atoms with E-state index in [0.29, 0.717) is 35.0 Å². The van der Waals surface area contributed by atoms with Crippen LogP contribution in [0.2, 0.25) is 0 Å². The summed E-state index contributed by atoms with van der Waals surface area (Å²) in [5, 5.41) is 7.17. The maximum Gasteiger partial charge on any atom is 0.322 e. The number of amides is 2. The molecule has 2 aromatic carbocycles. The number of aromatic nitrogens is 2. The topological polar surface area (TPSA) is 89.7 Å². The van der Waals surface area contributed by atoms with Gasteiger partial charge in [0.2, 0.25) is 5.82 Å². The normalized spacial score (nSPS) is 16.0. The fourth-order valence-corrected chi connectivity index (χ4v) is 3.98. The maximum absolute atomic E-state index is 13.3. The van der Waals surface area contributed by atoms with Crippen LogP contribution in [0.5, 0.6) is 11.5 Å². The van der Waals surface area contributed by atoms with E-state index in [1.165, 1.54) is 12.1 Å². The van der Waals surface area contributed by atoms with Crippen molar-refractivity contribution < 1.29 is 23.2 Å². The van der Waals surface area contributed by atoms with E-state index in [1.807, 2.05) is 19.1 Å². The number of carbonyl (C=O) groups excluding carboxylic acids is 1. The monoisotopic (exact) mass is 466 g/mol. The molecule has 0 spiro atoms. The Morgan fingerprint density at radius 3 is 2.53 bits per heavy atom. The average molecular weight is 467 g/mol. The van der Waals surface area contributed by atoms with Crippen molar-refractivity contribution in [3.05, 3.63) is 65.4 Å². The first-order chi connectivity index (χ1) is 16.5. The summed E-state index contributed by atoms with van der Waals surface area (Å²) in [7, 11) is 3.12. The highest BCUT2D eigenvalue weighted by molar-refractivity contribution is 5.87. The van der Waals surface area contributed by atoms with Gasteiger partial charge in [0, 0.05) is 17.8 Å². The molecule has 1 aliphatic heterocycles. The van der Waals surface area contributed by atoms with Crippen molar-refractivity contribution in [2.75, 3.05) is 20.8 Å². The van der Waals surface area contributed by atoms with E-state index in [4.69, 9.17) is 14.0 Å². The van der Waals surface area contributed by atoms with Crippen LogP contribution < -0.4 is 14.8 Å². The molecule has 0 bridgehead atoms. The predicted molar refractivity (Wildman–Crippen MR) is 125 cm³/mol. The highest BCUT2D eigenvalue weighted by Crippen LogP contribution is 2.40. The van der Waals surface area contributed by atoms with Crippen LogP contribution in [-0.4, -0.2) is 41.8 Å². The molecule has 8 nitrogen and oxygen atoms in total. The number of hydrogen-bond acceptors (Lipinski definition) is 6. The van der Waals surface area contributed by atoms with Gasteiger partial charge in [-0.3, -0.25) is 4.90 Å². The van der Waals surface area contributed by atoms with Crippen molar-refractivity contribution >= 4 is 11.6 Å². The van der Waals surface area contributed by atoms with E-state index in [-0.39, 0.29) is 17.7 Å². The third-order valence-corrected chi connectivity index (χ3v) is 5.83. The zero-order chi connectivity index (χ0) is 24.2. The number of nitrogens with one attached hydrogen (secondary N) is 1. The van der Waals surface area contributed by atoms with Crippen LogP contribution in [0, 0.1) is 5.82 Å². The van der Waals surface area contributed by atoms with Gasteiger partial charge in [0.15, 0.2) is 11.5 Å². The Bertz CT molecular complexity index is 1210. The predicted octanol–water partition coefficient (Wildman–Crippen LogP) is 5.19. The zero-order valence-electron chi connectivity index (χ0n) is 19.6. The van der Waals surface area contributed by atoms with Crippen LogP contribution in [0.15, 0.2) is 52.7 Å². The van der Waals surface area contributed by atoms with Crippen LogP contribution >= 0.6 is 0 Å². The molecule has 0 aliphatic carbocycles. The fourth-order valence-electron chi connectivity index (χ4n) is 3.98. The Morgan fingerprint density at radius 1 is 1.12 bits per heavy atom. The van der Waals surface area contributed by atoms with Gasteiger partial charge in [0.05, 0.1) is 25.8 Å². The number of carbonyl (C=O) groups is 1. The van der Waals surface area contributed by atoms with E-state index in [0.717, 1.165) is 24.1 Å². The van der Waals surface area contributed by atoms with Crippen molar-refractivity contribution in [1.29, 1.82) is 0 Å². The smallest absolute Gasteiger partial charge is 0.322 e. The van der Waals surface area contributed by atoms with Gasteiger partial charge in [0.25, 0.3) is 5.89 Å². The summed E-state index contributed by atoms with van der Waals surface area (Å²) >= 11 is 0. The quantitative estimate of drug-likeness (QED) is 0.491. The summed E-state index contributed by atoms with van der Waals surface area (Å²) < 4.78 is 29.8. The lowest BCUT2D eigenvalue weighted by Crippen LogP contribution is -2.46. The van der Waals surface area contributed by atoms with Gasteiger partial charge in [-0.05, 0) is 55.3 Å². The number of benzene rings is 2. The Balaban J connectivity index is 1.81. The summed E-state index contributed by atoms with van der Waals surface area (Å²) in [6.45, 7) is 4.51. The van der Waals surface area contributed by atoms with Gasteiger partial charge in [-0.2, -0.15) is 4.98 Å². The Hall–Kier alpha value is -3.88. The first kappa shape index (κ1) is 23.3. The highest BCUT2D eigenvalue weighted by Gasteiger charge is 2.36. The van der Waals surface area contributed by atoms with Gasteiger partial charge in [-0.15, -0.1) is 0 Å². The second-order valence-electron chi connectivity index (χ2n) is 7.93. The Labute approximate surface area is 197 Å². The van der Waals surface area contributed by atoms with E-state index in [9.17, 15) is 9.18 Å². The van der Waals surface area contributed by atoms with E-state index < -0.39 is 6.04 Å². The van der Waals surface area contributed by atoms with Gasteiger partial charge in [0.1, 0.15) is 5.82 Å². The molecule has 2 amide bonds. The fraction of sp³-hybridized carbons (Fsp3) is 0.320. The molecular formula is C25H27FN4O4. The minimum atomic E-state index is -0.549. The lowest BCUT2D eigenvalue weighted by Gasteiger charge is -2.35. The van der Waals surface area contributed by atoms with Gasteiger partial charge >= 0.3 is 6.03 Å². The molecule has 0 fully saturated rings. The van der Waals surface area contributed by atoms with Gasteiger partial charge in [-0.1, -0.05) is 24.6 Å². The Kier molecular flexibility index (Phi) is 6.81. The SMILES string of the molecule is CCCCN1C(=O)NC(c2ccc(OC)c(OC)c2)C(c2nc(-c3ccc(F)cc3)no2)=C1C. The lowest BCUT2D eigenvalue weighted by molar-refractivity contribution is 0.204.